The average Bonchev–Trinajstić information content (AvgIpc) is 2.75. The van der Waals surface area contributed by atoms with Gasteiger partial charge in [0.2, 0.25) is 10.0 Å². The van der Waals surface area contributed by atoms with E-state index < -0.39 is 21.5 Å². The zero-order valence-electron chi connectivity index (χ0n) is 10.3. The number of hydrogen-bond acceptors (Lipinski definition) is 5. The molecule has 0 heterocycles. The van der Waals surface area contributed by atoms with Crippen molar-refractivity contribution in [3.05, 3.63) is 0 Å². The topological polar surface area (TPSA) is 98.5 Å². The molecule has 104 valence electrons. The SMILES string of the molecule is COC(=O)CCS(=O)(=O)NC1(C(N)=S)CCCC1. The zero-order valence-corrected chi connectivity index (χ0v) is 11.9. The van der Waals surface area contributed by atoms with Gasteiger partial charge >= 0.3 is 5.97 Å². The molecule has 6 nitrogen and oxygen atoms in total. The lowest BCUT2D eigenvalue weighted by atomic mass is 10.00. The van der Waals surface area contributed by atoms with Crippen molar-refractivity contribution in [1.82, 2.24) is 4.72 Å². The lowest BCUT2D eigenvalue weighted by Crippen LogP contribution is -2.55. The fourth-order valence-corrected chi connectivity index (χ4v) is 3.81. The van der Waals surface area contributed by atoms with Crippen LogP contribution in [-0.2, 0) is 19.6 Å². The number of carbonyl (C=O) groups excluding carboxylic acids is 1. The second-order valence-electron chi connectivity index (χ2n) is 4.40. The van der Waals surface area contributed by atoms with Gasteiger partial charge in [-0.2, -0.15) is 0 Å². The first kappa shape index (κ1) is 15.3. The van der Waals surface area contributed by atoms with Gasteiger partial charge in [0.05, 0.1) is 29.8 Å². The van der Waals surface area contributed by atoms with Gasteiger partial charge in [0.1, 0.15) is 0 Å². The van der Waals surface area contributed by atoms with Gasteiger partial charge in [-0.3, -0.25) is 4.79 Å². The molecule has 0 aromatic heterocycles. The van der Waals surface area contributed by atoms with Crippen LogP contribution in [0, 0.1) is 0 Å². The van der Waals surface area contributed by atoms with Crippen LogP contribution in [0.15, 0.2) is 0 Å². The second-order valence-corrected chi connectivity index (χ2v) is 6.68. The molecule has 1 fully saturated rings. The van der Waals surface area contributed by atoms with Crippen molar-refractivity contribution in [2.24, 2.45) is 5.73 Å². The van der Waals surface area contributed by atoms with Crippen molar-refractivity contribution in [3.8, 4) is 0 Å². The quantitative estimate of drug-likeness (QED) is 0.531. The van der Waals surface area contributed by atoms with Crippen LogP contribution in [0.3, 0.4) is 0 Å². The van der Waals surface area contributed by atoms with Crippen LogP contribution in [0.4, 0.5) is 0 Å². The van der Waals surface area contributed by atoms with Crippen LogP contribution in [0.2, 0.25) is 0 Å². The molecule has 1 rings (SSSR count). The molecule has 0 saturated heterocycles. The molecule has 0 aliphatic heterocycles. The van der Waals surface area contributed by atoms with E-state index in [9.17, 15) is 13.2 Å². The molecule has 0 aromatic carbocycles. The van der Waals surface area contributed by atoms with Crippen LogP contribution < -0.4 is 10.5 Å². The Morgan fingerprint density at radius 1 is 1.44 bits per heavy atom. The first-order valence-electron chi connectivity index (χ1n) is 5.70. The Balaban J connectivity index is 2.69. The molecule has 0 radical (unpaired) electrons. The second kappa shape index (κ2) is 5.94. The molecule has 0 spiro atoms. The number of thiocarbonyl (C=S) groups is 1. The van der Waals surface area contributed by atoms with Crippen molar-refractivity contribution < 1.29 is 17.9 Å². The molecule has 0 atom stereocenters. The maximum Gasteiger partial charge on any atom is 0.306 e. The minimum atomic E-state index is -3.59. The van der Waals surface area contributed by atoms with Gasteiger partial charge in [-0.05, 0) is 12.8 Å². The third kappa shape index (κ3) is 3.89. The van der Waals surface area contributed by atoms with E-state index in [1.165, 1.54) is 7.11 Å². The molecule has 8 heteroatoms. The number of methoxy groups -OCH3 is 1. The summed E-state index contributed by atoms with van der Waals surface area (Å²) in [4.78, 5) is 11.1. The summed E-state index contributed by atoms with van der Waals surface area (Å²) in [5, 5.41) is 0. The first-order chi connectivity index (χ1) is 8.31. The summed E-state index contributed by atoms with van der Waals surface area (Å²) >= 11 is 4.95. The standard InChI is InChI=1S/C10H18N2O4S2/c1-16-8(13)4-7-18(14,15)12-10(9(11)17)5-2-3-6-10/h12H,2-7H2,1H3,(H2,11,17). The van der Waals surface area contributed by atoms with Crippen LogP contribution in [0.25, 0.3) is 0 Å². The molecular formula is C10H18N2O4S2. The smallest absolute Gasteiger partial charge is 0.306 e. The van der Waals surface area contributed by atoms with Crippen LogP contribution in [0.5, 0.6) is 0 Å². The summed E-state index contributed by atoms with van der Waals surface area (Å²) in [6.07, 6.45) is 2.81. The molecule has 3 N–H and O–H groups in total. The van der Waals surface area contributed by atoms with Gasteiger partial charge in [-0.15, -0.1) is 0 Å². The molecule has 0 amide bonds. The zero-order chi connectivity index (χ0) is 13.8. The third-order valence-corrected chi connectivity index (χ3v) is 4.92. The van der Waals surface area contributed by atoms with E-state index >= 15 is 0 Å². The van der Waals surface area contributed by atoms with Crippen molar-refractivity contribution in [1.29, 1.82) is 0 Å². The summed E-state index contributed by atoms with van der Waals surface area (Å²) in [5.74, 6) is -0.875. The van der Waals surface area contributed by atoms with Crippen molar-refractivity contribution in [3.63, 3.8) is 0 Å². The van der Waals surface area contributed by atoms with E-state index in [1.54, 1.807) is 0 Å². The van der Waals surface area contributed by atoms with Crippen LogP contribution in [-0.4, -0.2) is 37.8 Å². The van der Waals surface area contributed by atoms with Gasteiger partial charge < -0.3 is 10.5 Å². The minimum absolute atomic E-state index is 0.168. The first-order valence-corrected chi connectivity index (χ1v) is 7.76. The van der Waals surface area contributed by atoms with Gasteiger partial charge in [0.25, 0.3) is 0 Å². The van der Waals surface area contributed by atoms with E-state index in [4.69, 9.17) is 18.0 Å². The van der Waals surface area contributed by atoms with E-state index in [-0.39, 0.29) is 17.2 Å². The van der Waals surface area contributed by atoms with Gasteiger partial charge in [0, 0.05) is 0 Å². The highest BCUT2D eigenvalue weighted by Gasteiger charge is 2.40. The van der Waals surface area contributed by atoms with E-state index in [1.807, 2.05) is 0 Å². The van der Waals surface area contributed by atoms with Crippen molar-refractivity contribution >= 4 is 33.2 Å². The summed E-state index contributed by atoms with van der Waals surface area (Å²) in [5.41, 5.74) is 4.82. The summed E-state index contributed by atoms with van der Waals surface area (Å²) in [6, 6.07) is 0. The van der Waals surface area contributed by atoms with Crippen molar-refractivity contribution in [2.75, 3.05) is 12.9 Å². The lowest BCUT2D eigenvalue weighted by molar-refractivity contribution is -0.140. The third-order valence-electron chi connectivity index (χ3n) is 3.08. The number of ether oxygens (including phenoxy) is 1. The molecular weight excluding hydrogens is 276 g/mol. The summed E-state index contributed by atoms with van der Waals surface area (Å²) in [7, 11) is -2.37. The molecule has 1 aliphatic rings. The molecule has 0 aromatic rings. The molecule has 18 heavy (non-hydrogen) atoms. The summed E-state index contributed by atoms with van der Waals surface area (Å²) < 4.78 is 30.7. The Kier molecular flexibility index (Phi) is 5.06. The molecule has 0 bridgehead atoms. The fourth-order valence-electron chi connectivity index (χ4n) is 2.05. The Bertz CT molecular complexity index is 427. The van der Waals surface area contributed by atoms with Gasteiger partial charge in [-0.25, -0.2) is 13.1 Å². The minimum Gasteiger partial charge on any atom is -0.469 e. The van der Waals surface area contributed by atoms with Gasteiger partial charge in [-0.1, -0.05) is 25.1 Å². The largest absolute Gasteiger partial charge is 0.469 e. The van der Waals surface area contributed by atoms with E-state index in [2.05, 4.69) is 9.46 Å². The maximum absolute atomic E-state index is 11.9. The monoisotopic (exact) mass is 294 g/mol. The molecule has 1 saturated carbocycles. The van der Waals surface area contributed by atoms with E-state index in [0.717, 1.165) is 12.8 Å². The fraction of sp³-hybridized carbons (Fsp3) is 0.800. The number of nitrogens with two attached hydrogens (primary N) is 1. The number of nitrogens with one attached hydrogen (secondary N) is 1. The predicted octanol–water partition coefficient (Wildman–Crippen LogP) is 0.0678. The van der Waals surface area contributed by atoms with Crippen LogP contribution >= 0.6 is 12.2 Å². The number of carbonyl (C=O) groups is 1. The van der Waals surface area contributed by atoms with Gasteiger partial charge in [0.15, 0.2) is 0 Å². The molecule has 1 aliphatic carbocycles. The van der Waals surface area contributed by atoms with E-state index in [0.29, 0.717) is 12.8 Å². The number of sulfonamides is 1. The normalized spacial score (nSPS) is 18.5. The Morgan fingerprint density at radius 3 is 2.44 bits per heavy atom. The Hall–Kier alpha value is -0.730. The van der Waals surface area contributed by atoms with Crippen LogP contribution in [0.1, 0.15) is 32.1 Å². The summed E-state index contributed by atoms with van der Waals surface area (Å²) in [6.45, 7) is 0. The number of esters is 1. The lowest BCUT2D eigenvalue weighted by Gasteiger charge is -2.28. The van der Waals surface area contributed by atoms with Crippen molar-refractivity contribution in [2.45, 2.75) is 37.6 Å². The Labute approximate surface area is 112 Å². The average molecular weight is 294 g/mol. The maximum atomic E-state index is 11.9. The number of rotatable bonds is 6. The highest BCUT2D eigenvalue weighted by Crippen LogP contribution is 2.30. The molecule has 0 unspecified atom stereocenters. The number of hydrogen-bond donors (Lipinski definition) is 2. The predicted molar refractivity (Wildman–Crippen MR) is 71.5 cm³/mol. The Morgan fingerprint density at radius 2 is 2.00 bits per heavy atom. The highest BCUT2D eigenvalue weighted by molar-refractivity contribution is 7.89. The highest BCUT2D eigenvalue weighted by atomic mass is 32.2.